The molecule has 2 aromatic heterocycles. The molecule has 0 saturated heterocycles. The van der Waals surface area contributed by atoms with Crippen LogP contribution < -0.4 is 15.6 Å². The van der Waals surface area contributed by atoms with Gasteiger partial charge in [0, 0.05) is 24.6 Å². The molecule has 0 aliphatic heterocycles. The lowest BCUT2D eigenvalue weighted by atomic mass is 10.1. The minimum absolute atomic E-state index is 0.122. The summed E-state index contributed by atoms with van der Waals surface area (Å²) in [6.45, 7) is 2.82. The summed E-state index contributed by atoms with van der Waals surface area (Å²) in [7, 11) is 1.53. The third-order valence-electron chi connectivity index (χ3n) is 5.27. The average Bonchev–Trinajstić information content (AvgIpc) is 3.24. The maximum atomic E-state index is 13.7. The average molecular weight is 465 g/mol. The number of hydrogen-bond donors (Lipinski definition) is 1. The number of ether oxygens (including phenoxy) is 2. The van der Waals surface area contributed by atoms with Gasteiger partial charge in [0.15, 0.2) is 11.5 Å². The van der Waals surface area contributed by atoms with E-state index in [-0.39, 0.29) is 36.2 Å². The van der Waals surface area contributed by atoms with Gasteiger partial charge in [-0.05, 0) is 13.0 Å². The van der Waals surface area contributed by atoms with E-state index in [1.807, 2.05) is 37.3 Å². The van der Waals surface area contributed by atoms with Crippen LogP contribution in [0.1, 0.15) is 27.0 Å². The molecule has 0 aliphatic rings. The zero-order valence-corrected chi connectivity index (χ0v) is 19.2. The van der Waals surface area contributed by atoms with Crippen molar-refractivity contribution in [2.45, 2.75) is 13.5 Å². The first-order chi connectivity index (χ1) is 16.1. The fourth-order valence-electron chi connectivity index (χ4n) is 3.71. The molecular weight excluding hydrogens is 440 g/mol. The Kier molecular flexibility index (Phi) is 6.86. The van der Waals surface area contributed by atoms with E-state index in [4.69, 9.17) is 9.47 Å². The molecule has 170 valence electrons. The summed E-state index contributed by atoms with van der Waals surface area (Å²) in [5.74, 6) is -0.286. The van der Waals surface area contributed by atoms with Gasteiger partial charge in [0.1, 0.15) is 16.9 Å². The van der Waals surface area contributed by atoms with Crippen LogP contribution in [0, 0.1) is 0 Å². The van der Waals surface area contributed by atoms with Crippen LogP contribution in [0.15, 0.2) is 59.4 Å². The molecule has 0 unspecified atom stereocenters. The molecule has 2 heterocycles. The standard InChI is InChI=1S/C25H24N2O5S/c1-3-31-13-14-32-21-20-22(33-23(21)24(29)26-2)17-11-7-8-12-18(17)27(25(20)30)15-19(28)16-9-5-4-6-10-16/h4-12H,3,13-15H2,1-2H3,(H,26,29). The predicted molar refractivity (Wildman–Crippen MR) is 130 cm³/mol. The third-order valence-corrected chi connectivity index (χ3v) is 6.48. The minimum Gasteiger partial charge on any atom is -0.489 e. The fraction of sp³-hybridized carbons (Fsp3) is 0.240. The van der Waals surface area contributed by atoms with Crippen LogP contribution in [0.3, 0.4) is 0 Å². The second-order valence-corrected chi connectivity index (χ2v) is 8.31. The first-order valence-corrected chi connectivity index (χ1v) is 11.5. The summed E-state index contributed by atoms with van der Waals surface area (Å²) < 4.78 is 13.4. The number of benzene rings is 2. The zero-order chi connectivity index (χ0) is 23.4. The monoisotopic (exact) mass is 464 g/mol. The van der Waals surface area contributed by atoms with Crippen LogP contribution in [0.25, 0.3) is 21.0 Å². The molecule has 0 atom stereocenters. The van der Waals surface area contributed by atoms with Crippen molar-refractivity contribution in [1.82, 2.24) is 9.88 Å². The summed E-state index contributed by atoms with van der Waals surface area (Å²) in [5.41, 5.74) is 0.786. The van der Waals surface area contributed by atoms with E-state index < -0.39 is 0 Å². The summed E-state index contributed by atoms with van der Waals surface area (Å²) >= 11 is 1.21. The highest BCUT2D eigenvalue weighted by atomic mass is 32.1. The SMILES string of the molecule is CCOCCOc1c(C(=O)NC)sc2c1c(=O)n(CC(=O)c1ccccc1)c1ccccc21. The van der Waals surface area contributed by atoms with Gasteiger partial charge in [0.25, 0.3) is 11.5 Å². The van der Waals surface area contributed by atoms with Gasteiger partial charge in [-0.1, -0.05) is 48.5 Å². The van der Waals surface area contributed by atoms with E-state index in [1.165, 1.54) is 23.0 Å². The van der Waals surface area contributed by atoms with Crippen LogP contribution in [0.2, 0.25) is 0 Å². The Morgan fingerprint density at radius 2 is 1.76 bits per heavy atom. The van der Waals surface area contributed by atoms with Gasteiger partial charge < -0.3 is 14.8 Å². The quantitative estimate of drug-likeness (QED) is 0.300. The second kappa shape index (κ2) is 9.97. The number of amides is 1. The number of para-hydroxylation sites is 1. The largest absolute Gasteiger partial charge is 0.489 e. The molecule has 0 bridgehead atoms. The molecule has 0 aliphatic carbocycles. The van der Waals surface area contributed by atoms with E-state index in [1.54, 1.807) is 24.3 Å². The highest BCUT2D eigenvalue weighted by Crippen LogP contribution is 2.39. The number of carbonyl (C=O) groups is 2. The molecule has 33 heavy (non-hydrogen) atoms. The summed E-state index contributed by atoms with van der Waals surface area (Å²) in [5, 5.41) is 3.70. The third kappa shape index (κ3) is 4.40. The fourth-order valence-corrected chi connectivity index (χ4v) is 4.93. The summed E-state index contributed by atoms with van der Waals surface area (Å²) in [4.78, 5) is 39.6. The Morgan fingerprint density at radius 1 is 1.03 bits per heavy atom. The number of carbonyl (C=O) groups excluding carboxylic acids is 2. The minimum atomic E-state index is -0.370. The Bertz CT molecular complexity index is 1370. The van der Waals surface area contributed by atoms with Crippen LogP contribution in [-0.2, 0) is 11.3 Å². The molecule has 0 fully saturated rings. The van der Waals surface area contributed by atoms with Crippen molar-refractivity contribution in [2.24, 2.45) is 0 Å². The van der Waals surface area contributed by atoms with Crippen molar-refractivity contribution in [3.63, 3.8) is 0 Å². The molecule has 8 heteroatoms. The summed E-state index contributed by atoms with van der Waals surface area (Å²) in [6.07, 6.45) is 0. The Hall–Kier alpha value is -3.49. The van der Waals surface area contributed by atoms with Crippen molar-refractivity contribution in [3.05, 3.63) is 75.4 Å². The predicted octanol–water partition coefficient (Wildman–Crippen LogP) is 3.87. The highest BCUT2D eigenvalue weighted by Gasteiger charge is 2.25. The van der Waals surface area contributed by atoms with Crippen molar-refractivity contribution in [3.8, 4) is 5.75 Å². The molecule has 0 spiro atoms. The Labute approximate surface area is 194 Å². The molecular formula is C25H24N2O5S. The van der Waals surface area contributed by atoms with Crippen molar-refractivity contribution in [1.29, 1.82) is 0 Å². The second-order valence-electron chi connectivity index (χ2n) is 7.29. The number of fused-ring (bicyclic) bond motifs is 3. The lowest BCUT2D eigenvalue weighted by molar-refractivity contribution is 0.0948. The number of hydrogen-bond acceptors (Lipinski definition) is 6. The molecule has 2 aromatic carbocycles. The van der Waals surface area contributed by atoms with Gasteiger partial charge in [-0.2, -0.15) is 0 Å². The van der Waals surface area contributed by atoms with E-state index in [0.717, 1.165) is 5.39 Å². The van der Waals surface area contributed by atoms with Crippen LogP contribution in [0.5, 0.6) is 5.75 Å². The maximum Gasteiger partial charge on any atom is 0.264 e. The Morgan fingerprint density at radius 3 is 2.48 bits per heavy atom. The van der Waals surface area contributed by atoms with E-state index in [2.05, 4.69) is 5.32 Å². The van der Waals surface area contributed by atoms with Gasteiger partial charge in [-0.3, -0.25) is 19.0 Å². The topological polar surface area (TPSA) is 86.6 Å². The maximum absolute atomic E-state index is 13.7. The molecule has 4 rings (SSSR count). The first kappa shape index (κ1) is 22.7. The number of Topliss-reactive ketones (excluding diaryl/α,β-unsaturated/α-hetero) is 1. The molecule has 1 N–H and O–H groups in total. The van der Waals surface area contributed by atoms with Gasteiger partial charge in [-0.15, -0.1) is 11.3 Å². The molecule has 4 aromatic rings. The first-order valence-electron chi connectivity index (χ1n) is 10.7. The van der Waals surface area contributed by atoms with Crippen molar-refractivity contribution in [2.75, 3.05) is 26.9 Å². The number of thiophene rings is 1. The Balaban J connectivity index is 1.92. The molecule has 0 radical (unpaired) electrons. The number of pyridine rings is 1. The van der Waals surface area contributed by atoms with E-state index in [0.29, 0.717) is 39.3 Å². The highest BCUT2D eigenvalue weighted by molar-refractivity contribution is 7.22. The van der Waals surface area contributed by atoms with Gasteiger partial charge >= 0.3 is 0 Å². The number of aromatic nitrogens is 1. The zero-order valence-electron chi connectivity index (χ0n) is 18.4. The number of nitrogens with zero attached hydrogens (tertiary/aromatic N) is 1. The van der Waals surface area contributed by atoms with E-state index in [9.17, 15) is 14.4 Å². The number of ketones is 1. The van der Waals surface area contributed by atoms with E-state index >= 15 is 0 Å². The smallest absolute Gasteiger partial charge is 0.264 e. The lowest BCUT2D eigenvalue weighted by Crippen LogP contribution is -2.25. The van der Waals surface area contributed by atoms with Crippen LogP contribution in [0.4, 0.5) is 0 Å². The van der Waals surface area contributed by atoms with Crippen LogP contribution in [-0.4, -0.2) is 43.1 Å². The van der Waals surface area contributed by atoms with Crippen molar-refractivity contribution < 1.29 is 19.1 Å². The molecule has 0 saturated carbocycles. The molecule has 1 amide bonds. The number of nitrogens with one attached hydrogen (secondary N) is 1. The normalized spacial score (nSPS) is 11.1. The van der Waals surface area contributed by atoms with Crippen LogP contribution >= 0.6 is 11.3 Å². The van der Waals surface area contributed by atoms with Crippen molar-refractivity contribution >= 4 is 44.0 Å². The summed E-state index contributed by atoms with van der Waals surface area (Å²) in [6, 6.07) is 16.2. The lowest BCUT2D eigenvalue weighted by Gasteiger charge is -2.12. The molecule has 7 nitrogen and oxygen atoms in total. The van der Waals surface area contributed by atoms with Gasteiger partial charge in [0.2, 0.25) is 0 Å². The van der Waals surface area contributed by atoms with Gasteiger partial charge in [0.05, 0.1) is 23.4 Å². The number of rotatable bonds is 9. The van der Waals surface area contributed by atoms with Gasteiger partial charge in [-0.25, -0.2) is 0 Å².